The average molecular weight is 526 g/mol. The Kier molecular flexibility index (Phi) is 14.4. The van der Waals surface area contributed by atoms with Gasteiger partial charge in [0.15, 0.2) is 5.78 Å². The number of fused-ring (bicyclic) bond motifs is 1. The van der Waals surface area contributed by atoms with Crippen LogP contribution in [0.3, 0.4) is 0 Å². The zero-order chi connectivity index (χ0) is 23.5. The van der Waals surface area contributed by atoms with Crippen LogP contribution in [0, 0.1) is 0 Å². The third-order valence-corrected chi connectivity index (χ3v) is 6.02. The average Bonchev–Trinajstić information content (AvgIpc) is 3.22. The van der Waals surface area contributed by atoms with Gasteiger partial charge >= 0.3 is 5.97 Å². The monoisotopic (exact) mass is 524 g/mol. The lowest BCUT2D eigenvalue weighted by atomic mass is 10.0. The third kappa shape index (κ3) is 9.36. The van der Waals surface area contributed by atoms with Crippen LogP contribution >= 0.6 is 24.8 Å². The molecule has 0 aromatic heterocycles. The molecule has 0 saturated carbocycles. The van der Waals surface area contributed by atoms with Crippen molar-refractivity contribution in [1.29, 1.82) is 0 Å². The van der Waals surface area contributed by atoms with E-state index in [4.69, 9.17) is 9.47 Å². The molecule has 1 N–H and O–H groups in total. The number of ether oxygens (including phenoxy) is 2. The first-order valence-corrected chi connectivity index (χ1v) is 12.0. The van der Waals surface area contributed by atoms with E-state index >= 15 is 0 Å². The van der Waals surface area contributed by atoms with Crippen molar-refractivity contribution in [3.8, 4) is 5.75 Å². The van der Waals surface area contributed by atoms with E-state index in [2.05, 4.69) is 11.4 Å². The molecule has 0 aliphatic carbocycles. The number of para-hydroxylation sites is 1. The second kappa shape index (κ2) is 16.4. The Morgan fingerprint density at radius 3 is 2.57 bits per heavy atom. The Labute approximate surface area is 221 Å². The van der Waals surface area contributed by atoms with Gasteiger partial charge in [0.2, 0.25) is 0 Å². The molecule has 6 nitrogen and oxygen atoms in total. The Morgan fingerprint density at radius 2 is 1.80 bits per heavy atom. The van der Waals surface area contributed by atoms with E-state index < -0.39 is 0 Å². The molecule has 0 saturated heterocycles. The van der Waals surface area contributed by atoms with Crippen LogP contribution in [-0.2, 0) is 22.4 Å². The molecular formula is C27H38Cl2N2O4. The number of carbonyl (C=O) groups is 2. The number of nitrogens with zero attached hydrogens (tertiary/aromatic N) is 1. The molecule has 1 heterocycles. The van der Waals surface area contributed by atoms with Gasteiger partial charge in [0, 0.05) is 24.2 Å². The molecule has 194 valence electrons. The summed E-state index contributed by atoms with van der Waals surface area (Å²) in [7, 11) is 1.71. The van der Waals surface area contributed by atoms with Crippen molar-refractivity contribution in [1.82, 2.24) is 5.32 Å². The van der Waals surface area contributed by atoms with Crippen LogP contribution < -0.4 is 15.0 Å². The highest BCUT2D eigenvalue weighted by atomic mass is 35.5. The Hall–Kier alpha value is -2.28. The Balaban J connectivity index is 0.00000306. The lowest BCUT2D eigenvalue weighted by molar-refractivity contribution is -0.141. The smallest absolute Gasteiger partial charge is 0.325 e. The SMILES string of the molecule is CCOC(=O)CN1CCc2cc(C(=O)CCCCNCCCc3ccccc3OC)ccc21.Cl.Cl. The number of Topliss-reactive ketones (excluding diaryl/α,β-unsaturated/α-hetero) is 1. The summed E-state index contributed by atoms with van der Waals surface area (Å²) in [5.74, 6) is 0.936. The van der Waals surface area contributed by atoms with Gasteiger partial charge < -0.3 is 19.7 Å². The Bertz CT molecular complexity index is 939. The lowest BCUT2D eigenvalue weighted by Crippen LogP contribution is -2.29. The number of hydrogen-bond donors (Lipinski definition) is 1. The molecule has 0 unspecified atom stereocenters. The van der Waals surface area contributed by atoms with Gasteiger partial charge in [0.05, 0.1) is 13.7 Å². The van der Waals surface area contributed by atoms with E-state index in [1.165, 1.54) is 5.56 Å². The van der Waals surface area contributed by atoms with Crippen molar-refractivity contribution >= 4 is 42.3 Å². The molecule has 0 fully saturated rings. The molecule has 3 rings (SSSR count). The van der Waals surface area contributed by atoms with Crippen molar-refractivity contribution < 1.29 is 19.1 Å². The number of aryl methyl sites for hydroxylation is 1. The molecule has 1 aliphatic rings. The lowest BCUT2D eigenvalue weighted by Gasteiger charge is -2.18. The summed E-state index contributed by atoms with van der Waals surface area (Å²) in [5.41, 5.74) is 4.20. The number of carbonyl (C=O) groups excluding carboxylic acids is 2. The normalized spacial score (nSPS) is 11.8. The van der Waals surface area contributed by atoms with E-state index in [9.17, 15) is 9.59 Å². The minimum atomic E-state index is -0.209. The maximum absolute atomic E-state index is 12.6. The zero-order valence-electron chi connectivity index (χ0n) is 20.7. The number of hydrogen-bond acceptors (Lipinski definition) is 6. The molecule has 0 radical (unpaired) electrons. The predicted octanol–water partition coefficient (Wildman–Crippen LogP) is 5.04. The standard InChI is InChI=1S/C27H36N2O4.2ClH/c1-3-33-27(31)20-29-18-15-22-19-23(13-14-24(22)29)25(30)11-6-7-16-28-17-8-10-21-9-4-5-12-26(21)32-2;;/h4-5,9,12-14,19,28H,3,6-8,10-11,15-18,20H2,1-2H3;2*1H. The Morgan fingerprint density at radius 1 is 1.03 bits per heavy atom. The number of rotatable bonds is 14. The van der Waals surface area contributed by atoms with E-state index in [0.29, 0.717) is 13.0 Å². The number of esters is 1. The number of unbranched alkanes of at least 4 members (excludes halogenated alkanes) is 1. The van der Waals surface area contributed by atoms with Crippen LogP contribution in [0.15, 0.2) is 42.5 Å². The number of methoxy groups -OCH3 is 1. The number of ketones is 1. The van der Waals surface area contributed by atoms with Gasteiger partial charge in [-0.05, 0) is 87.5 Å². The maximum Gasteiger partial charge on any atom is 0.325 e. The van der Waals surface area contributed by atoms with Gasteiger partial charge in [-0.1, -0.05) is 18.2 Å². The predicted molar refractivity (Wildman–Crippen MR) is 146 cm³/mol. The van der Waals surface area contributed by atoms with Crippen molar-refractivity contribution in [2.45, 2.75) is 45.4 Å². The van der Waals surface area contributed by atoms with Gasteiger partial charge in [-0.15, -0.1) is 24.8 Å². The van der Waals surface area contributed by atoms with E-state index in [0.717, 1.165) is 74.3 Å². The first-order valence-electron chi connectivity index (χ1n) is 12.0. The summed E-state index contributed by atoms with van der Waals surface area (Å²) < 4.78 is 10.4. The highest BCUT2D eigenvalue weighted by Crippen LogP contribution is 2.29. The molecule has 0 bridgehead atoms. The summed E-state index contributed by atoms with van der Waals surface area (Å²) in [6.07, 6.45) is 5.33. The summed E-state index contributed by atoms with van der Waals surface area (Å²) in [5, 5.41) is 3.47. The van der Waals surface area contributed by atoms with Crippen LogP contribution in [0.4, 0.5) is 5.69 Å². The number of benzene rings is 2. The minimum absolute atomic E-state index is 0. The topological polar surface area (TPSA) is 67.9 Å². The zero-order valence-corrected chi connectivity index (χ0v) is 22.3. The molecule has 2 aromatic carbocycles. The summed E-state index contributed by atoms with van der Waals surface area (Å²) >= 11 is 0. The van der Waals surface area contributed by atoms with Gasteiger partial charge in [0.25, 0.3) is 0 Å². The van der Waals surface area contributed by atoms with Gasteiger partial charge in [0.1, 0.15) is 12.3 Å². The van der Waals surface area contributed by atoms with E-state index in [-0.39, 0.29) is 43.1 Å². The number of nitrogens with one attached hydrogen (secondary N) is 1. The van der Waals surface area contributed by atoms with Gasteiger partial charge in [-0.25, -0.2) is 0 Å². The van der Waals surface area contributed by atoms with Crippen molar-refractivity contribution in [2.75, 3.05) is 44.8 Å². The first-order chi connectivity index (χ1) is 16.1. The maximum atomic E-state index is 12.6. The molecule has 1 aliphatic heterocycles. The van der Waals surface area contributed by atoms with Crippen molar-refractivity contribution in [2.24, 2.45) is 0 Å². The summed E-state index contributed by atoms with van der Waals surface area (Å²) in [6, 6.07) is 14.0. The molecule has 8 heteroatoms. The van der Waals surface area contributed by atoms with Crippen LogP contribution in [0.1, 0.15) is 54.1 Å². The second-order valence-electron chi connectivity index (χ2n) is 8.37. The number of anilines is 1. The fraction of sp³-hybridized carbons (Fsp3) is 0.481. The van der Waals surface area contributed by atoms with Gasteiger partial charge in [-0.2, -0.15) is 0 Å². The van der Waals surface area contributed by atoms with Gasteiger partial charge in [-0.3, -0.25) is 9.59 Å². The highest BCUT2D eigenvalue weighted by molar-refractivity contribution is 5.97. The fourth-order valence-electron chi connectivity index (χ4n) is 4.29. The van der Waals surface area contributed by atoms with Crippen LogP contribution in [0.25, 0.3) is 0 Å². The molecule has 0 atom stereocenters. The molecule has 35 heavy (non-hydrogen) atoms. The van der Waals surface area contributed by atoms with E-state index in [1.54, 1.807) is 7.11 Å². The van der Waals surface area contributed by atoms with Crippen LogP contribution in [0.2, 0.25) is 0 Å². The van der Waals surface area contributed by atoms with Crippen LogP contribution in [0.5, 0.6) is 5.75 Å². The van der Waals surface area contributed by atoms with Crippen LogP contribution in [-0.4, -0.2) is 51.6 Å². The highest BCUT2D eigenvalue weighted by Gasteiger charge is 2.22. The molecule has 2 aromatic rings. The first kappa shape index (κ1) is 30.8. The van der Waals surface area contributed by atoms with E-state index in [1.807, 2.05) is 48.2 Å². The van der Waals surface area contributed by atoms with Crippen molar-refractivity contribution in [3.05, 3.63) is 59.2 Å². The minimum Gasteiger partial charge on any atom is -0.496 e. The summed E-state index contributed by atoms with van der Waals surface area (Å²) in [4.78, 5) is 26.4. The largest absolute Gasteiger partial charge is 0.496 e. The molecule has 0 spiro atoms. The molecular weight excluding hydrogens is 487 g/mol. The second-order valence-corrected chi connectivity index (χ2v) is 8.37. The molecule has 0 amide bonds. The van der Waals surface area contributed by atoms with Crippen molar-refractivity contribution in [3.63, 3.8) is 0 Å². The summed E-state index contributed by atoms with van der Waals surface area (Å²) in [6.45, 7) is 5.14. The fourth-order valence-corrected chi connectivity index (χ4v) is 4.29. The third-order valence-electron chi connectivity index (χ3n) is 6.02. The quantitative estimate of drug-likeness (QED) is 0.212. The number of halogens is 2.